The Bertz CT molecular complexity index is 949. The summed E-state index contributed by atoms with van der Waals surface area (Å²) < 4.78 is 41.5. The molecule has 0 spiro atoms. The van der Waals surface area contributed by atoms with Crippen LogP contribution in [0.1, 0.15) is 27.3 Å². The maximum atomic E-state index is 13.3. The smallest absolute Gasteiger partial charge is 0.317 e. The molecule has 0 saturated carbocycles. The first-order chi connectivity index (χ1) is 12.3. The molecule has 0 aliphatic rings. The van der Waals surface area contributed by atoms with Gasteiger partial charge in [-0.3, -0.25) is 4.79 Å². The number of carbonyl (C=O) groups excluding carboxylic acids is 1. The lowest BCUT2D eigenvalue weighted by Gasteiger charge is -2.16. The van der Waals surface area contributed by atoms with Crippen LogP contribution in [0.3, 0.4) is 0 Å². The van der Waals surface area contributed by atoms with Crippen molar-refractivity contribution in [2.75, 3.05) is 5.32 Å². The fourth-order valence-electron chi connectivity index (χ4n) is 2.82. The Labute approximate surface area is 147 Å². The molecule has 0 saturated heterocycles. The molecular formula is C18H15F3N4O. The molecule has 2 aromatic heterocycles. The van der Waals surface area contributed by atoms with Crippen molar-refractivity contribution in [1.82, 2.24) is 14.5 Å². The predicted molar refractivity (Wildman–Crippen MR) is 90.2 cm³/mol. The lowest BCUT2D eigenvalue weighted by atomic mass is 10.1. The normalized spacial score (nSPS) is 11.4. The van der Waals surface area contributed by atoms with Gasteiger partial charge in [-0.05, 0) is 38.1 Å². The monoisotopic (exact) mass is 360 g/mol. The van der Waals surface area contributed by atoms with E-state index in [4.69, 9.17) is 0 Å². The molecule has 134 valence electrons. The number of aryl methyl sites for hydroxylation is 1. The minimum Gasteiger partial charge on any atom is -0.317 e. The number of hydrogen-bond donors (Lipinski definition) is 1. The first kappa shape index (κ1) is 17.7. The number of aromatic nitrogens is 3. The minimum absolute atomic E-state index is 0.0175. The van der Waals surface area contributed by atoms with E-state index in [0.717, 1.165) is 6.07 Å². The van der Waals surface area contributed by atoms with E-state index in [1.165, 1.54) is 41.4 Å². The van der Waals surface area contributed by atoms with Crippen LogP contribution < -0.4 is 5.32 Å². The Kier molecular flexibility index (Phi) is 4.50. The first-order valence-electron chi connectivity index (χ1n) is 7.72. The topological polar surface area (TPSA) is 59.8 Å². The van der Waals surface area contributed by atoms with Crippen molar-refractivity contribution in [3.05, 3.63) is 71.4 Å². The molecule has 1 aromatic carbocycles. The van der Waals surface area contributed by atoms with E-state index in [1.807, 2.05) is 0 Å². The third-order valence-electron chi connectivity index (χ3n) is 3.95. The molecule has 8 heteroatoms. The Hall–Kier alpha value is -3.16. The molecule has 0 aliphatic heterocycles. The van der Waals surface area contributed by atoms with Crippen molar-refractivity contribution in [1.29, 1.82) is 0 Å². The third-order valence-corrected chi connectivity index (χ3v) is 3.95. The Morgan fingerprint density at radius 3 is 2.54 bits per heavy atom. The van der Waals surface area contributed by atoms with Crippen LogP contribution in [0.15, 0.2) is 48.9 Å². The molecule has 1 N–H and O–H groups in total. The maximum absolute atomic E-state index is 13.3. The second kappa shape index (κ2) is 6.62. The van der Waals surface area contributed by atoms with Crippen molar-refractivity contribution < 1.29 is 18.0 Å². The summed E-state index contributed by atoms with van der Waals surface area (Å²) in [6.45, 7) is 3.26. The molecule has 5 nitrogen and oxygen atoms in total. The molecule has 2 heterocycles. The van der Waals surface area contributed by atoms with Gasteiger partial charge in [-0.2, -0.15) is 13.2 Å². The van der Waals surface area contributed by atoms with Gasteiger partial charge in [-0.1, -0.05) is 12.1 Å². The van der Waals surface area contributed by atoms with Gasteiger partial charge in [-0.15, -0.1) is 0 Å². The zero-order valence-corrected chi connectivity index (χ0v) is 14.0. The molecular weight excluding hydrogens is 345 g/mol. The van der Waals surface area contributed by atoms with E-state index in [2.05, 4.69) is 15.3 Å². The van der Waals surface area contributed by atoms with Crippen LogP contribution in [-0.4, -0.2) is 20.4 Å². The number of anilines is 1. The van der Waals surface area contributed by atoms with E-state index in [9.17, 15) is 18.0 Å². The highest BCUT2D eigenvalue weighted by molar-refractivity contribution is 6.05. The van der Waals surface area contributed by atoms with Crippen LogP contribution in [0.25, 0.3) is 5.69 Å². The molecule has 0 unspecified atom stereocenters. The van der Waals surface area contributed by atoms with E-state index >= 15 is 0 Å². The van der Waals surface area contributed by atoms with Crippen molar-refractivity contribution in [3.8, 4) is 5.69 Å². The second-order valence-electron chi connectivity index (χ2n) is 5.68. The molecule has 1 amide bonds. The molecule has 3 aromatic rings. The largest absolute Gasteiger partial charge is 0.418 e. The summed E-state index contributed by atoms with van der Waals surface area (Å²) in [5, 5.41) is 2.61. The van der Waals surface area contributed by atoms with E-state index in [0.29, 0.717) is 17.2 Å². The van der Waals surface area contributed by atoms with Gasteiger partial charge in [0.2, 0.25) is 0 Å². The van der Waals surface area contributed by atoms with Gasteiger partial charge < -0.3 is 9.88 Å². The summed E-state index contributed by atoms with van der Waals surface area (Å²) >= 11 is 0. The summed E-state index contributed by atoms with van der Waals surface area (Å²) in [5.74, 6) is -0.141. The quantitative estimate of drug-likeness (QED) is 0.763. The zero-order chi connectivity index (χ0) is 18.9. The molecule has 0 aliphatic carbocycles. The van der Waals surface area contributed by atoms with Crippen molar-refractivity contribution in [3.63, 3.8) is 0 Å². The highest BCUT2D eigenvalue weighted by atomic mass is 19.4. The van der Waals surface area contributed by atoms with Crippen LogP contribution in [0.5, 0.6) is 0 Å². The molecule has 26 heavy (non-hydrogen) atoms. The van der Waals surface area contributed by atoms with Gasteiger partial charge in [-0.25, -0.2) is 9.97 Å². The van der Waals surface area contributed by atoms with Gasteiger partial charge in [0.1, 0.15) is 12.1 Å². The van der Waals surface area contributed by atoms with E-state index < -0.39 is 17.6 Å². The van der Waals surface area contributed by atoms with Crippen LogP contribution >= 0.6 is 0 Å². The number of benzene rings is 1. The van der Waals surface area contributed by atoms with Gasteiger partial charge in [0.25, 0.3) is 5.91 Å². The molecule has 0 fully saturated rings. The predicted octanol–water partition coefficient (Wildman–Crippen LogP) is 4.16. The number of nitrogens with zero attached hydrogens (tertiary/aromatic N) is 3. The lowest BCUT2D eigenvalue weighted by Crippen LogP contribution is -2.15. The SMILES string of the molecule is Cc1cc(C(=O)Nc2ccncn2)c(C)n1-c1ccccc1C(F)(F)F. The van der Waals surface area contributed by atoms with Crippen LogP contribution in [0.2, 0.25) is 0 Å². The standard InChI is InChI=1S/C18H15F3N4O/c1-11-9-13(17(26)24-16-7-8-22-10-23-16)12(2)25(11)15-6-4-3-5-14(15)18(19,20)21/h3-10H,1-2H3,(H,22,23,24,26). The van der Waals surface area contributed by atoms with E-state index in [-0.39, 0.29) is 11.3 Å². The summed E-state index contributed by atoms with van der Waals surface area (Å²) in [5.41, 5.74) is 0.427. The van der Waals surface area contributed by atoms with E-state index in [1.54, 1.807) is 19.9 Å². The maximum Gasteiger partial charge on any atom is 0.418 e. The van der Waals surface area contributed by atoms with Crippen LogP contribution in [0, 0.1) is 13.8 Å². The van der Waals surface area contributed by atoms with Gasteiger partial charge in [0.15, 0.2) is 0 Å². The average Bonchev–Trinajstić information content (AvgIpc) is 2.89. The summed E-state index contributed by atoms with van der Waals surface area (Å²) in [6.07, 6.45) is -1.73. The second-order valence-corrected chi connectivity index (χ2v) is 5.68. The van der Waals surface area contributed by atoms with Crippen LogP contribution in [0.4, 0.5) is 19.0 Å². The lowest BCUT2D eigenvalue weighted by molar-refractivity contribution is -0.137. The number of halogens is 3. The Balaban J connectivity index is 2.04. The number of carbonyl (C=O) groups is 1. The van der Waals surface area contributed by atoms with Crippen LogP contribution in [-0.2, 0) is 6.18 Å². The highest BCUT2D eigenvalue weighted by Gasteiger charge is 2.34. The molecule has 0 radical (unpaired) electrons. The summed E-state index contributed by atoms with van der Waals surface area (Å²) in [7, 11) is 0. The van der Waals surface area contributed by atoms with Crippen molar-refractivity contribution in [2.24, 2.45) is 0 Å². The molecule has 0 atom stereocenters. The highest BCUT2D eigenvalue weighted by Crippen LogP contribution is 2.35. The number of amides is 1. The summed E-state index contributed by atoms with van der Waals surface area (Å²) in [4.78, 5) is 20.2. The molecule has 0 bridgehead atoms. The minimum atomic E-state index is -4.50. The number of para-hydroxylation sites is 1. The number of hydrogen-bond acceptors (Lipinski definition) is 3. The third kappa shape index (κ3) is 3.30. The van der Waals surface area contributed by atoms with Gasteiger partial charge in [0.05, 0.1) is 16.8 Å². The Morgan fingerprint density at radius 2 is 1.88 bits per heavy atom. The fraction of sp³-hybridized carbons (Fsp3) is 0.167. The number of alkyl halides is 3. The zero-order valence-electron chi connectivity index (χ0n) is 14.0. The Morgan fingerprint density at radius 1 is 1.15 bits per heavy atom. The summed E-state index contributed by atoms with van der Waals surface area (Å²) in [6, 6.07) is 8.35. The first-order valence-corrected chi connectivity index (χ1v) is 7.72. The van der Waals surface area contributed by atoms with Crippen molar-refractivity contribution in [2.45, 2.75) is 20.0 Å². The van der Waals surface area contributed by atoms with Crippen molar-refractivity contribution >= 4 is 11.7 Å². The van der Waals surface area contributed by atoms with Gasteiger partial charge in [0, 0.05) is 17.6 Å². The number of rotatable bonds is 3. The fourth-order valence-corrected chi connectivity index (χ4v) is 2.82. The average molecular weight is 360 g/mol. The van der Waals surface area contributed by atoms with Gasteiger partial charge >= 0.3 is 6.18 Å². The molecule has 3 rings (SSSR count). The number of nitrogens with one attached hydrogen (secondary N) is 1.